The van der Waals surface area contributed by atoms with E-state index in [2.05, 4.69) is 20.5 Å². The van der Waals surface area contributed by atoms with Gasteiger partial charge in [-0.15, -0.1) is 0 Å². The second kappa shape index (κ2) is 5.13. The Balaban J connectivity index is 2.15. The van der Waals surface area contributed by atoms with Crippen molar-refractivity contribution in [3.63, 3.8) is 0 Å². The van der Waals surface area contributed by atoms with Crippen LogP contribution in [0.4, 0.5) is 8.78 Å². The minimum atomic E-state index is -1.17. The first-order chi connectivity index (χ1) is 8.99. The number of aromatic nitrogens is 3. The van der Waals surface area contributed by atoms with Crippen molar-refractivity contribution in [2.24, 2.45) is 0 Å². The number of hydrogen-bond acceptors (Lipinski definition) is 3. The van der Waals surface area contributed by atoms with Gasteiger partial charge < -0.3 is 5.32 Å². The molecule has 0 saturated carbocycles. The third-order valence-electron chi connectivity index (χ3n) is 2.55. The number of amides is 1. The monoisotopic (exact) mass is 266 g/mol. The smallest absolute Gasteiger partial charge is 0.254 e. The van der Waals surface area contributed by atoms with Crippen molar-refractivity contribution < 1.29 is 13.6 Å². The van der Waals surface area contributed by atoms with Crippen molar-refractivity contribution >= 4 is 5.91 Å². The fourth-order valence-electron chi connectivity index (χ4n) is 1.57. The molecule has 2 N–H and O–H groups in total. The number of carbonyl (C=O) groups excluding carboxylic acids is 1. The number of halogens is 2. The van der Waals surface area contributed by atoms with Crippen LogP contribution in [0.1, 0.15) is 35.0 Å². The molecule has 0 radical (unpaired) electrons. The average Bonchev–Trinajstić information content (AvgIpc) is 2.79. The van der Waals surface area contributed by atoms with E-state index in [1.807, 2.05) is 0 Å². The molecule has 0 spiro atoms. The number of carbonyl (C=O) groups is 1. The van der Waals surface area contributed by atoms with E-state index in [9.17, 15) is 13.6 Å². The summed E-state index contributed by atoms with van der Waals surface area (Å²) < 4.78 is 26.5. The van der Waals surface area contributed by atoms with Gasteiger partial charge in [0.2, 0.25) is 0 Å². The fraction of sp³-hybridized carbons (Fsp3) is 0.250. The first-order valence-corrected chi connectivity index (χ1v) is 5.63. The van der Waals surface area contributed by atoms with E-state index >= 15 is 0 Å². The highest BCUT2D eigenvalue weighted by molar-refractivity contribution is 5.94. The lowest BCUT2D eigenvalue weighted by Gasteiger charge is -2.11. The highest BCUT2D eigenvalue weighted by Gasteiger charge is 2.19. The zero-order chi connectivity index (χ0) is 14.0. The summed E-state index contributed by atoms with van der Waals surface area (Å²) in [6, 6.07) is 2.92. The van der Waals surface area contributed by atoms with Gasteiger partial charge in [0.15, 0.2) is 17.5 Å². The lowest BCUT2D eigenvalue weighted by molar-refractivity contribution is 0.0933. The molecule has 0 bridgehead atoms. The van der Waals surface area contributed by atoms with Crippen LogP contribution in [0.2, 0.25) is 0 Å². The first-order valence-electron chi connectivity index (χ1n) is 5.63. The Labute approximate surface area is 108 Å². The van der Waals surface area contributed by atoms with E-state index < -0.39 is 23.6 Å². The van der Waals surface area contributed by atoms with Crippen LogP contribution in [0, 0.1) is 18.6 Å². The average molecular weight is 266 g/mol. The first kappa shape index (κ1) is 13.1. The summed E-state index contributed by atoms with van der Waals surface area (Å²) in [4.78, 5) is 15.9. The van der Waals surface area contributed by atoms with E-state index in [0.29, 0.717) is 11.6 Å². The normalized spacial score (nSPS) is 12.2. The molecule has 0 aliphatic carbocycles. The van der Waals surface area contributed by atoms with Gasteiger partial charge in [-0.3, -0.25) is 9.89 Å². The van der Waals surface area contributed by atoms with Crippen LogP contribution < -0.4 is 5.32 Å². The minimum Gasteiger partial charge on any atom is -0.342 e. The molecule has 7 heteroatoms. The van der Waals surface area contributed by atoms with Gasteiger partial charge in [-0.1, -0.05) is 6.07 Å². The van der Waals surface area contributed by atoms with Crippen LogP contribution in [-0.2, 0) is 0 Å². The molecule has 0 aliphatic rings. The SMILES string of the molecule is Cc1nc([C@@H](C)NC(=O)c2cccc(F)c2F)n[nH]1. The molecule has 100 valence electrons. The molecule has 1 heterocycles. The van der Waals surface area contributed by atoms with Gasteiger partial charge in [0.25, 0.3) is 5.91 Å². The van der Waals surface area contributed by atoms with Gasteiger partial charge in [-0.05, 0) is 26.0 Å². The standard InChI is InChI=1S/C12H12F2N4O/c1-6(11-16-7(2)17-18-11)15-12(19)8-4-3-5-9(13)10(8)14/h3-6H,1-2H3,(H,15,19)(H,16,17,18)/t6-/m1/s1. The molecule has 1 aromatic heterocycles. The number of H-pyrrole nitrogens is 1. The third kappa shape index (κ3) is 2.75. The van der Waals surface area contributed by atoms with E-state index in [-0.39, 0.29) is 5.56 Å². The number of aryl methyl sites for hydroxylation is 1. The summed E-state index contributed by atoms with van der Waals surface area (Å²) in [6.45, 7) is 3.37. The largest absolute Gasteiger partial charge is 0.342 e. The molecule has 19 heavy (non-hydrogen) atoms. The summed E-state index contributed by atoms with van der Waals surface area (Å²) in [5.74, 6) is -1.96. The number of aromatic amines is 1. The summed E-state index contributed by atoms with van der Waals surface area (Å²) in [6.07, 6.45) is 0. The van der Waals surface area contributed by atoms with Gasteiger partial charge in [0.05, 0.1) is 11.6 Å². The Bertz CT molecular complexity index is 612. The van der Waals surface area contributed by atoms with E-state index in [1.54, 1.807) is 13.8 Å². The number of benzene rings is 1. The predicted octanol–water partition coefficient (Wildman–Crippen LogP) is 1.88. The number of rotatable bonds is 3. The maximum absolute atomic E-state index is 13.4. The van der Waals surface area contributed by atoms with Crippen molar-refractivity contribution in [3.05, 3.63) is 47.0 Å². The molecule has 0 fully saturated rings. The maximum atomic E-state index is 13.4. The molecule has 0 aliphatic heterocycles. The van der Waals surface area contributed by atoms with Crippen molar-refractivity contribution in [3.8, 4) is 0 Å². The summed E-state index contributed by atoms with van der Waals surface area (Å²) in [7, 11) is 0. The third-order valence-corrected chi connectivity index (χ3v) is 2.55. The van der Waals surface area contributed by atoms with Gasteiger partial charge in [-0.2, -0.15) is 5.10 Å². The van der Waals surface area contributed by atoms with Gasteiger partial charge in [0, 0.05) is 0 Å². The Hall–Kier alpha value is -2.31. The van der Waals surface area contributed by atoms with Crippen LogP contribution in [0.15, 0.2) is 18.2 Å². The van der Waals surface area contributed by atoms with Gasteiger partial charge >= 0.3 is 0 Å². The molecule has 5 nitrogen and oxygen atoms in total. The summed E-state index contributed by atoms with van der Waals surface area (Å²) in [5.41, 5.74) is -0.348. The van der Waals surface area contributed by atoms with Gasteiger partial charge in [-0.25, -0.2) is 13.8 Å². The van der Waals surface area contributed by atoms with Gasteiger partial charge in [0.1, 0.15) is 5.82 Å². The molecule has 1 atom stereocenters. The van der Waals surface area contributed by atoms with E-state index in [0.717, 1.165) is 6.07 Å². The zero-order valence-corrected chi connectivity index (χ0v) is 10.4. The molecule has 1 aromatic carbocycles. The minimum absolute atomic E-state index is 0.348. The van der Waals surface area contributed by atoms with Crippen LogP contribution in [0.25, 0.3) is 0 Å². The summed E-state index contributed by atoms with van der Waals surface area (Å²) >= 11 is 0. The molecular formula is C12H12F2N4O. The van der Waals surface area contributed by atoms with Crippen LogP contribution >= 0.6 is 0 Å². The molecule has 0 unspecified atom stereocenters. The fourth-order valence-corrected chi connectivity index (χ4v) is 1.57. The number of nitrogens with one attached hydrogen (secondary N) is 2. The molecule has 1 amide bonds. The van der Waals surface area contributed by atoms with Crippen molar-refractivity contribution in [1.29, 1.82) is 0 Å². The number of nitrogens with zero attached hydrogens (tertiary/aromatic N) is 2. The second-order valence-corrected chi connectivity index (χ2v) is 4.08. The van der Waals surface area contributed by atoms with Crippen LogP contribution in [0.5, 0.6) is 0 Å². The van der Waals surface area contributed by atoms with Crippen LogP contribution in [0.3, 0.4) is 0 Å². The Morgan fingerprint density at radius 2 is 2.16 bits per heavy atom. The topological polar surface area (TPSA) is 70.7 Å². The molecule has 2 aromatic rings. The zero-order valence-electron chi connectivity index (χ0n) is 10.4. The van der Waals surface area contributed by atoms with Crippen molar-refractivity contribution in [1.82, 2.24) is 20.5 Å². The Morgan fingerprint density at radius 3 is 2.79 bits per heavy atom. The lowest BCUT2D eigenvalue weighted by Crippen LogP contribution is -2.28. The molecule has 2 rings (SSSR count). The van der Waals surface area contributed by atoms with E-state index in [4.69, 9.17) is 0 Å². The quantitative estimate of drug-likeness (QED) is 0.891. The number of hydrogen-bond donors (Lipinski definition) is 2. The lowest BCUT2D eigenvalue weighted by atomic mass is 10.1. The molecular weight excluding hydrogens is 254 g/mol. The van der Waals surface area contributed by atoms with Crippen LogP contribution in [-0.4, -0.2) is 21.1 Å². The highest BCUT2D eigenvalue weighted by Crippen LogP contribution is 2.13. The Kier molecular flexibility index (Phi) is 3.55. The van der Waals surface area contributed by atoms with Crippen molar-refractivity contribution in [2.75, 3.05) is 0 Å². The summed E-state index contributed by atoms with van der Waals surface area (Å²) in [5, 5.41) is 9.02. The highest BCUT2D eigenvalue weighted by atomic mass is 19.2. The second-order valence-electron chi connectivity index (χ2n) is 4.08. The van der Waals surface area contributed by atoms with Crippen molar-refractivity contribution in [2.45, 2.75) is 19.9 Å². The van der Waals surface area contributed by atoms with E-state index in [1.165, 1.54) is 12.1 Å². The Morgan fingerprint density at radius 1 is 1.42 bits per heavy atom. The predicted molar refractivity (Wildman–Crippen MR) is 63.4 cm³/mol. The maximum Gasteiger partial charge on any atom is 0.254 e. The molecule has 0 saturated heterocycles.